The predicted octanol–water partition coefficient (Wildman–Crippen LogP) is 4.35. The Morgan fingerprint density at radius 3 is 2.27 bits per heavy atom. The number of hydrogen-bond acceptors (Lipinski definition) is 4. The Labute approximate surface area is 217 Å². The van der Waals surface area contributed by atoms with E-state index in [0.717, 1.165) is 51.7 Å². The van der Waals surface area contributed by atoms with Crippen LogP contribution in [0.4, 0.5) is 0 Å². The summed E-state index contributed by atoms with van der Waals surface area (Å²) in [6.45, 7) is 3.23. The quantitative estimate of drug-likeness (QED) is 0.284. The molecular weight excluding hydrogens is 462 g/mol. The van der Waals surface area contributed by atoms with E-state index >= 15 is 0 Å². The minimum atomic E-state index is 0.0639. The molecule has 37 heavy (non-hydrogen) atoms. The number of fused-ring (bicyclic) bond motifs is 1. The Morgan fingerprint density at radius 2 is 1.57 bits per heavy atom. The normalized spacial score (nSPS) is 16.7. The predicted molar refractivity (Wildman–Crippen MR) is 143 cm³/mol. The van der Waals surface area contributed by atoms with Gasteiger partial charge in [-0.15, -0.1) is 0 Å². The summed E-state index contributed by atoms with van der Waals surface area (Å²) in [5.74, 6) is 0.0639. The Hall–Kier alpha value is -3.58. The third-order valence-corrected chi connectivity index (χ3v) is 7.35. The third-order valence-electron chi connectivity index (χ3n) is 7.35. The Morgan fingerprint density at radius 1 is 0.919 bits per heavy atom. The van der Waals surface area contributed by atoms with Crippen molar-refractivity contribution in [2.45, 2.75) is 32.0 Å². The first-order valence-electron chi connectivity index (χ1n) is 13.1. The molecule has 0 atom stereocenters. The van der Waals surface area contributed by atoms with Gasteiger partial charge in [0.25, 0.3) is 5.91 Å². The number of aromatic nitrogens is 1. The summed E-state index contributed by atoms with van der Waals surface area (Å²) in [4.78, 5) is 24.0. The molecule has 0 bridgehead atoms. The van der Waals surface area contributed by atoms with Crippen molar-refractivity contribution < 1.29 is 14.6 Å². The molecule has 0 N–H and O–H groups in total. The van der Waals surface area contributed by atoms with E-state index in [2.05, 4.69) is 34.1 Å². The molecule has 1 aliphatic carbocycles. The lowest BCUT2D eigenvalue weighted by molar-refractivity contribution is -0.797. The molecule has 188 valence electrons. The molecule has 3 aromatic carbocycles. The average Bonchev–Trinajstić information content (AvgIpc) is 3.79. The van der Waals surface area contributed by atoms with Crippen molar-refractivity contribution in [1.29, 1.82) is 0 Å². The SMILES string of the molecule is O=C(c1c(CN2CC[O+]([O-])CC2)c(-c2ccccc2)nc2ccccc12)N(Cc1ccccc1)C1CC1. The number of amides is 1. The van der Waals surface area contributed by atoms with E-state index in [9.17, 15) is 10.1 Å². The lowest BCUT2D eigenvalue weighted by Gasteiger charge is -2.33. The number of rotatable bonds is 7. The van der Waals surface area contributed by atoms with Crippen LogP contribution in [0.1, 0.15) is 34.3 Å². The van der Waals surface area contributed by atoms with Gasteiger partial charge in [-0.1, -0.05) is 78.9 Å². The fraction of sp³-hybridized carbons (Fsp3) is 0.290. The molecule has 2 heterocycles. The molecule has 1 saturated heterocycles. The molecule has 0 spiro atoms. The molecular formula is C31H31N3O3. The number of hydrogen-bond donors (Lipinski definition) is 0. The monoisotopic (exact) mass is 493 g/mol. The molecule has 1 saturated carbocycles. The van der Waals surface area contributed by atoms with E-state index in [1.54, 1.807) is 0 Å². The van der Waals surface area contributed by atoms with Gasteiger partial charge in [0.05, 0.1) is 29.9 Å². The summed E-state index contributed by atoms with van der Waals surface area (Å²) in [5.41, 5.74) is 5.48. The number of carbonyl (C=O) groups is 1. The van der Waals surface area contributed by atoms with Gasteiger partial charge in [-0.05, 0) is 24.5 Å². The van der Waals surface area contributed by atoms with Crippen molar-refractivity contribution in [3.8, 4) is 11.3 Å². The van der Waals surface area contributed by atoms with E-state index in [-0.39, 0.29) is 11.9 Å². The molecule has 6 nitrogen and oxygen atoms in total. The highest BCUT2D eigenvalue weighted by atomic mass is 17.2. The van der Waals surface area contributed by atoms with Crippen LogP contribution >= 0.6 is 0 Å². The van der Waals surface area contributed by atoms with Gasteiger partial charge in [-0.2, -0.15) is 0 Å². The van der Waals surface area contributed by atoms with Crippen molar-refractivity contribution in [2.24, 2.45) is 0 Å². The van der Waals surface area contributed by atoms with Gasteiger partial charge < -0.3 is 14.7 Å². The van der Waals surface area contributed by atoms with Gasteiger partial charge in [-0.3, -0.25) is 9.69 Å². The van der Waals surface area contributed by atoms with Gasteiger partial charge >= 0.3 is 0 Å². The van der Waals surface area contributed by atoms with Crippen LogP contribution in [0.2, 0.25) is 0 Å². The van der Waals surface area contributed by atoms with E-state index in [0.29, 0.717) is 39.4 Å². The summed E-state index contributed by atoms with van der Waals surface area (Å²) in [5, 5.41) is 12.7. The lowest BCUT2D eigenvalue weighted by atomic mass is 9.94. The maximum absolute atomic E-state index is 14.6. The van der Waals surface area contributed by atoms with E-state index in [1.807, 2.05) is 65.2 Å². The van der Waals surface area contributed by atoms with Crippen molar-refractivity contribution in [1.82, 2.24) is 14.8 Å². The van der Waals surface area contributed by atoms with Gasteiger partial charge in [0.2, 0.25) is 0 Å². The molecule has 2 aliphatic rings. The number of carbonyl (C=O) groups excluding carboxylic acids is 1. The maximum Gasteiger partial charge on any atom is 0.255 e. The van der Waals surface area contributed by atoms with Crippen molar-refractivity contribution in [3.05, 3.63) is 102 Å². The lowest BCUT2D eigenvalue weighted by Crippen LogP contribution is -2.46. The molecule has 0 unspecified atom stereocenters. The van der Waals surface area contributed by atoms with Crippen molar-refractivity contribution in [2.75, 3.05) is 26.3 Å². The Balaban J connectivity index is 1.50. The molecule has 6 rings (SSSR count). The van der Waals surface area contributed by atoms with Crippen LogP contribution in [0.15, 0.2) is 84.9 Å². The summed E-state index contributed by atoms with van der Waals surface area (Å²) in [6, 6.07) is 28.6. The van der Waals surface area contributed by atoms with E-state index in [4.69, 9.17) is 4.98 Å². The second kappa shape index (κ2) is 10.4. The van der Waals surface area contributed by atoms with E-state index < -0.39 is 0 Å². The zero-order valence-corrected chi connectivity index (χ0v) is 20.9. The number of benzene rings is 3. The highest BCUT2D eigenvalue weighted by molar-refractivity contribution is 6.09. The third kappa shape index (κ3) is 5.14. The van der Waals surface area contributed by atoms with Crippen LogP contribution in [-0.2, 0) is 17.6 Å². The highest BCUT2D eigenvalue weighted by Gasteiger charge is 2.36. The fourth-order valence-corrected chi connectivity index (χ4v) is 5.22. The molecule has 1 amide bonds. The summed E-state index contributed by atoms with van der Waals surface area (Å²) in [7, 11) is 0. The van der Waals surface area contributed by atoms with Gasteiger partial charge in [0.15, 0.2) is 13.2 Å². The zero-order chi connectivity index (χ0) is 25.2. The first kappa shape index (κ1) is 23.8. The largest absolute Gasteiger partial charge is 0.534 e. The second-order valence-corrected chi connectivity index (χ2v) is 9.97. The van der Waals surface area contributed by atoms with Crippen LogP contribution < -0.4 is 5.26 Å². The van der Waals surface area contributed by atoms with Crippen molar-refractivity contribution in [3.63, 3.8) is 0 Å². The van der Waals surface area contributed by atoms with Crippen LogP contribution in [0, 0.1) is 0 Å². The summed E-state index contributed by atoms with van der Waals surface area (Å²) >= 11 is 0. The fourth-order valence-electron chi connectivity index (χ4n) is 5.22. The maximum atomic E-state index is 14.6. The number of nitrogens with zero attached hydrogens (tertiary/aromatic N) is 3. The smallest absolute Gasteiger partial charge is 0.255 e. The Bertz CT molecular complexity index is 1380. The van der Waals surface area contributed by atoms with Gasteiger partial charge in [0, 0.05) is 35.6 Å². The van der Waals surface area contributed by atoms with Crippen LogP contribution in [-0.4, -0.2) is 53.0 Å². The number of pyridine rings is 1. The topological polar surface area (TPSA) is 62.2 Å². The van der Waals surface area contributed by atoms with Gasteiger partial charge in [0.1, 0.15) is 0 Å². The van der Waals surface area contributed by atoms with Crippen LogP contribution in [0.3, 0.4) is 0 Å². The highest BCUT2D eigenvalue weighted by Crippen LogP contribution is 2.36. The Kier molecular flexibility index (Phi) is 6.70. The summed E-state index contributed by atoms with van der Waals surface area (Å²) < 4.78 is 1.92. The molecule has 2 fully saturated rings. The van der Waals surface area contributed by atoms with Crippen molar-refractivity contribution >= 4 is 16.8 Å². The van der Waals surface area contributed by atoms with E-state index in [1.165, 1.54) is 0 Å². The number of para-hydroxylation sites is 1. The van der Waals surface area contributed by atoms with Gasteiger partial charge in [-0.25, -0.2) is 4.98 Å². The minimum absolute atomic E-state index is 0.0639. The minimum Gasteiger partial charge on any atom is -0.534 e. The molecule has 1 aromatic heterocycles. The molecule has 4 aromatic rings. The summed E-state index contributed by atoms with van der Waals surface area (Å²) in [6.07, 6.45) is 2.07. The molecule has 1 aliphatic heterocycles. The first-order valence-corrected chi connectivity index (χ1v) is 13.1. The number of morpholine rings is 1. The zero-order valence-electron chi connectivity index (χ0n) is 20.9. The second-order valence-electron chi connectivity index (χ2n) is 9.97. The first-order chi connectivity index (χ1) is 18.2. The molecule has 0 radical (unpaired) electrons. The average molecular weight is 494 g/mol. The standard InChI is InChI=1S/C31H31N3O3/c35-31(34(25-15-16-25)21-23-9-3-1-4-10-23)29-26-13-7-8-14-28(26)32-30(24-11-5-2-6-12-24)27(29)22-33-17-19-37(36)20-18-33/h1-14,25H,15-22H2. The van der Waals surface area contributed by atoms with Crippen LogP contribution in [0.5, 0.6) is 0 Å². The van der Waals surface area contributed by atoms with Crippen LogP contribution in [0.25, 0.3) is 22.2 Å². The molecule has 6 heteroatoms.